The fraction of sp³-hybridized carbons (Fsp3) is 0.818. The van der Waals surface area contributed by atoms with E-state index in [1.165, 1.54) is 0 Å². The number of Topliss-reactive ketones (excluding diaryl/α,β-unsaturated/α-hetero) is 1. The van der Waals surface area contributed by atoms with Crippen molar-refractivity contribution in [3.63, 3.8) is 0 Å². The number of carboxylic acid groups (broad SMARTS) is 1. The first kappa shape index (κ1) is 12.2. The molecule has 0 aromatic heterocycles. The predicted octanol–water partition coefficient (Wildman–Crippen LogP) is 1.63. The van der Waals surface area contributed by atoms with Crippen molar-refractivity contribution < 1.29 is 19.4 Å². The standard InChI is InChI=1S/C11H18O4/c1-2-15-9-5-3-8(10(12)7-9)4-6-11(13)14/h8-9H,2-7H2,1H3,(H,13,14)/t8-,9+/m1/s1. The molecule has 0 aliphatic heterocycles. The third-order valence-corrected chi connectivity index (χ3v) is 2.83. The van der Waals surface area contributed by atoms with Crippen molar-refractivity contribution in [2.24, 2.45) is 5.92 Å². The molecular weight excluding hydrogens is 196 g/mol. The van der Waals surface area contributed by atoms with Crippen molar-refractivity contribution in [2.75, 3.05) is 6.61 Å². The molecule has 1 aliphatic rings. The molecule has 1 saturated carbocycles. The van der Waals surface area contributed by atoms with Crippen LogP contribution in [0.2, 0.25) is 0 Å². The molecule has 15 heavy (non-hydrogen) atoms. The van der Waals surface area contributed by atoms with Gasteiger partial charge in [-0.3, -0.25) is 9.59 Å². The van der Waals surface area contributed by atoms with Gasteiger partial charge in [0.15, 0.2) is 0 Å². The van der Waals surface area contributed by atoms with Crippen LogP contribution in [-0.4, -0.2) is 29.6 Å². The molecule has 0 aromatic carbocycles. The first-order valence-corrected chi connectivity index (χ1v) is 5.49. The number of ketones is 1. The highest BCUT2D eigenvalue weighted by Gasteiger charge is 2.28. The quantitative estimate of drug-likeness (QED) is 0.755. The lowest BCUT2D eigenvalue weighted by atomic mass is 9.83. The number of carbonyl (C=O) groups excluding carboxylic acids is 1. The molecule has 1 rings (SSSR count). The summed E-state index contributed by atoms with van der Waals surface area (Å²) >= 11 is 0. The lowest BCUT2D eigenvalue weighted by molar-refractivity contribution is -0.138. The maximum Gasteiger partial charge on any atom is 0.303 e. The first-order valence-electron chi connectivity index (χ1n) is 5.49. The molecule has 86 valence electrons. The molecule has 0 amide bonds. The second-order valence-corrected chi connectivity index (χ2v) is 3.95. The molecule has 0 radical (unpaired) electrons. The molecule has 1 aliphatic carbocycles. The molecule has 0 spiro atoms. The third kappa shape index (κ3) is 4.00. The first-order chi connectivity index (χ1) is 7.13. The van der Waals surface area contributed by atoms with Crippen molar-refractivity contribution in [3.05, 3.63) is 0 Å². The van der Waals surface area contributed by atoms with Gasteiger partial charge < -0.3 is 9.84 Å². The van der Waals surface area contributed by atoms with Gasteiger partial charge in [0.05, 0.1) is 6.10 Å². The van der Waals surface area contributed by atoms with E-state index in [-0.39, 0.29) is 24.2 Å². The average molecular weight is 214 g/mol. The van der Waals surface area contributed by atoms with E-state index in [0.717, 1.165) is 12.8 Å². The zero-order valence-corrected chi connectivity index (χ0v) is 9.07. The summed E-state index contributed by atoms with van der Waals surface area (Å²) in [6.07, 6.45) is 2.74. The molecule has 0 bridgehead atoms. The number of carbonyl (C=O) groups is 2. The fourth-order valence-corrected chi connectivity index (χ4v) is 2.02. The van der Waals surface area contributed by atoms with E-state index in [1.54, 1.807) is 0 Å². The summed E-state index contributed by atoms with van der Waals surface area (Å²) in [4.78, 5) is 22.0. The lowest BCUT2D eigenvalue weighted by Gasteiger charge is -2.26. The van der Waals surface area contributed by atoms with E-state index in [2.05, 4.69) is 0 Å². The topological polar surface area (TPSA) is 63.6 Å². The molecule has 1 N–H and O–H groups in total. The lowest BCUT2D eigenvalue weighted by Crippen LogP contribution is -2.30. The van der Waals surface area contributed by atoms with Gasteiger partial charge in [-0.2, -0.15) is 0 Å². The summed E-state index contributed by atoms with van der Waals surface area (Å²) in [5.74, 6) is -0.714. The van der Waals surface area contributed by atoms with E-state index in [0.29, 0.717) is 19.4 Å². The number of hydrogen-bond donors (Lipinski definition) is 1. The van der Waals surface area contributed by atoms with Gasteiger partial charge in [-0.05, 0) is 26.2 Å². The second kappa shape index (κ2) is 5.85. The Bertz CT molecular complexity index is 237. The summed E-state index contributed by atoms with van der Waals surface area (Å²) < 4.78 is 5.39. The van der Waals surface area contributed by atoms with Gasteiger partial charge in [0.25, 0.3) is 0 Å². The van der Waals surface area contributed by atoms with E-state index in [9.17, 15) is 9.59 Å². The maximum absolute atomic E-state index is 11.6. The minimum atomic E-state index is -0.824. The van der Waals surface area contributed by atoms with Crippen LogP contribution in [0.3, 0.4) is 0 Å². The van der Waals surface area contributed by atoms with Crippen LogP contribution < -0.4 is 0 Å². The minimum Gasteiger partial charge on any atom is -0.481 e. The smallest absolute Gasteiger partial charge is 0.303 e. The van der Waals surface area contributed by atoms with Crippen LogP contribution in [0.5, 0.6) is 0 Å². The van der Waals surface area contributed by atoms with E-state index in [1.807, 2.05) is 6.92 Å². The van der Waals surface area contributed by atoms with Gasteiger partial charge in [0.2, 0.25) is 0 Å². The van der Waals surface area contributed by atoms with Gasteiger partial charge in [-0.1, -0.05) is 0 Å². The van der Waals surface area contributed by atoms with Gasteiger partial charge in [-0.15, -0.1) is 0 Å². The summed E-state index contributed by atoms with van der Waals surface area (Å²) in [5.41, 5.74) is 0. The van der Waals surface area contributed by atoms with Gasteiger partial charge in [0.1, 0.15) is 5.78 Å². The molecule has 0 unspecified atom stereocenters. The van der Waals surface area contributed by atoms with Crippen LogP contribution in [0.25, 0.3) is 0 Å². The van der Waals surface area contributed by atoms with Crippen LogP contribution in [0, 0.1) is 5.92 Å². The van der Waals surface area contributed by atoms with Crippen molar-refractivity contribution in [1.82, 2.24) is 0 Å². The Morgan fingerprint density at radius 2 is 2.27 bits per heavy atom. The number of ether oxygens (including phenoxy) is 1. The second-order valence-electron chi connectivity index (χ2n) is 3.95. The van der Waals surface area contributed by atoms with E-state index >= 15 is 0 Å². The molecule has 0 aromatic rings. The maximum atomic E-state index is 11.6. The van der Waals surface area contributed by atoms with Crippen LogP contribution in [0.4, 0.5) is 0 Å². The highest BCUT2D eigenvalue weighted by atomic mass is 16.5. The van der Waals surface area contributed by atoms with Crippen LogP contribution in [0.15, 0.2) is 0 Å². The zero-order chi connectivity index (χ0) is 11.3. The Kier molecular flexibility index (Phi) is 4.75. The average Bonchev–Trinajstić information content (AvgIpc) is 2.17. The molecule has 1 fully saturated rings. The van der Waals surface area contributed by atoms with Crippen LogP contribution in [0.1, 0.15) is 39.0 Å². The summed E-state index contributed by atoms with van der Waals surface area (Å²) in [6.45, 7) is 2.55. The Morgan fingerprint density at radius 1 is 1.53 bits per heavy atom. The van der Waals surface area contributed by atoms with Crippen molar-refractivity contribution in [2.45, 2.75) is 45.1 Å². The van der Waals surface area contributed by atoms with Crippen molar-refractivity contribution in [1.29, 1.82) is 0 Å². The zero-order valence-electron chi connectivity index (χ0n) is 9.07. The van der Waals surface area contributed by atoms with Crippen LogP contribution in [-0.2, 0) is 14.3 Å². The normalized spacial score (nSPS) is 26.6. The largest absolute Gasteiger partial charge is 0.481 e. The minimum absolute atomic E-state index is 0.0576. The van der Waals surface area contributed by atoms with Crippen LogP contribution >= 0.6 is 0 Å². The Balaban J connectivity index is 2.32. The molecule has 2 atom stereocenters. The number of aliphatic carboxylic acids is 1. The molecular formula is C11H18O4. The molecule has 0 heterocycles. The Hall–Kier alpha value is -0.900. The Morgan fingerprint density at radius 3 is 2.80 bits per heavy atom. The molecule has 0 saturated heterocycles. The number of rotatable bonds is 5. The number of carboxylic acids is 1. The van der Waals surface area contributed by atoms with Gasteiger partial charge >= 0.3 is 5.97 Å². The summed E-state index contributed by atoms with van der Waals surface area (Å²) in [7, 11) is 0. The molecule has 4 nitrogen and oxygen atoms in total. The van der Waals surface area contributed by atoms with Gasteiger partial charge in [0, 0.05) is 25.4 Å². The summed E-state index contributed by atoms with van der Waals surface area (Å²) in [6, 6.07) is 0. The third-order valence-electron chi connectivity index (χ3n) is 2.83. The summed E-state index contributed by atoms with van der Waals surface area (Å²) in [5, 5.41) is 8.53. The van der Waals surface area contributed by atoms with Crippen molar-refractivity contribution in [3.8, 4) is 0 Å². The SMILES string of the molecule is CCO[C@H]1CC[C@H](CCC(=O)O)C(=O)C1. The highest BCUT2D eigenvalue weighted by molar-refractivity contribution is 5.82. The monoisotopic (exact) mass is 214 g/mol. The van der Waals surface area contributed by atoms with E-state index < -0.39 is 5.97 Å². The highest BCUT2D eigenvalue weighted by Crippen LogP contribution is 2.26. The molecule has 4 heteroatoms. The number of hydrogen-bond acceptors (Lipinski definition) is 3. The fourth-order valence-electron chi connectivity index (χ4n) is 2.02. The van der Waals surface area contributed by atoms with E-state index in [4.69, 9.17) is 9.84 Å². The Labute approximate surface area is 89.6 Å². The predicted molar refractivity (Wildman–Crippen MR) is 54.6 cm³/mol. The van der Waals surface area contributed by atoms with Crippen molar-refractivity contribution >= 4 is 11.8 Å². The van der Waals surface area contributed by atoms with Gasteiger partial charge in [-0.25, -0.2) is 0 Å².